The Morgan fingerprint density at radius 3 is 2.69 bits per heavy atom. The largest absolute Gasteiger partial charge is 0.502 e. The highest BCUT2D eigenvalue weighted by Crippen LogP contribution is 2.38. The van der Waals surface area contributed by atoms with Crippen LogP contribution in [-0.2, 0) is 4.79 Å². The summed E-state index contributed by atoms with van der Waals surface area (Å²) in [7, 11) is 1.25. The predicted molar refractivity (Wildman–Crippen MR) is 56.9 cm³/mol. The molecule has 0 spiro atoms. The fourth-order valence-electron chi connectivity index (χ4n) is 1.17. The molecule has 0 aromatic heterocycles. The van der Waals surface area contributed by atoms with Gasteiger partial charge >= 0.3 is 5.97 Å². The van der Waals surface area contributed by atoms with Gasteiger partial charge in [0.2, 0.25) is 0 Å². The summed E-state index contributed by atoms with van der Waals surface area (Å²) in [6.07, 6.45) is 0. The second kappa shape index (κ2) is 4.67. The Morgan fingerprint density at radius 1 is 1.69 bits per heavy atom. The zero-order chi connectivity index (χ0) is 12.5. The molecule has 0 amide bonds. The van der Waals surface area contributed by atoms with Crippen LogP contribution in [0.5, 0.6) is 11.5 Å². The van der Waals surface area contributed by atoms with Crippen molar-refractivity contribution in [1.82, 2.24) is 0 Å². The normalized spacial score (nSPS) is 12.2. The van der Waals surface area contributed by atoms with Crippen LogP contribution in [0.25, 0.3) is 0 Å². The van der Waals surface area contributed by atoms with Crippen LogP contribution in [0.2, 0.25) is 0 Å². The summed E-state index contributed by atoms with van der Waals surface area (Å²) in [5.74, 6) is -3.38. The summed E-state index contributed by atoms with van der Waals surface area (Å²) < 4.78 is 18.4. The number of methoxy groups -OCH3 is 1. The Hall–Kier alpha value is -1.34. The molecule has 5 nitrogen and oxygen atoms in total. The van der Waals surface area contributed by atoms with E-state index in [2.05, 4.69) is 15.9 Å². The number of carboxylic acid groups (broad SMARTS) is 1. The molecule has 88 valence electrons. The fourth-order valence-corrected chi connectivity index (χ4v) is 1.79. The van der Waals surface area contributed by atoms with Crippen LogP contribution in [0.15, 0.2) is 10.5 Å². The number of aromatic hydroxyl groups is 1. The smallest absolute Gasteiger partial charge is 0.325 e. The SMILES string of the molecule is COc1cc(Br)c(C(N)C(=O)O)c(F)c1O. The quantitative estimate of drug-likeness (QED) is 0.783. The standard InChI is InChI=1S/C9H9BrFNO4/c1-16-4-2-3(10)5(6(11)8(4)13)7(12)9(14)15/h2,7,13H,12H2,1H3,(H,14,15). The molecule has 0 bridgehead atoms. The number of nitrogens with two attached hydrogens (primary N) is 1. The number of hydrogen-bond acceptors (Lipinski definition) is 4. The molecule has 0 saturated heterocycles. The first kappa shape index (κ1) is 12.7. The lowest BCUT2D eigenvalue weighted by atomic mass is 10.1. The third-order valence-corrected chi connectivity index (χ3v) is 2.65. The van der Waals surface area contributed by atoms with E-state index in [-0.39, 0.29) is 15.8 Å². The second-order valence-corrected chi connectivity index (χ2v) is 3.81. The van der Waals surface area contributed by atoms with Crippen molar-refractivity contribution in [1.29, 1.82) is 0 Å². The number of aliphatic carboxylic acids is 1. The van der Waals surface area contributed by atoms with E-state index in [0.717, 1.165) is 0 Å². The number of carboxylic acids is 1. The van der Waals surface area contributed by atoms with E-state index < -0.39 is 23.6 Å². The molecule has 0 heterocycles. The summed E-state index contributed by atoms with van der Waals surface area (Å²) >= 11 is 2.97. The maximum atomic E-state index is 13.6. The van der Waals surface area contributed by atoms with E-state index in [9.17, 15) is 14.3 Å². The molecule has 16 heavy (non-hydrogen) atoms. The zero-order valence-corrected chi connectivity index (χ0v) is 9.78. The van der Waals surface area contributed by atoms with Gasteiger partial charge in [-0.15, -0.1) is 0 Å². The minimum absolute atomic E-state index is 0.106. The van der Waals surface area contributed by atoms with Crippen LogP contribution in [-0.4, -0.2) is 23.3 Å². The molecular formula is C9H9BrFNO4. The topological polar surface area (TPSA) is 92.8 Å². The first-order valence-electron chi connectivity index (χ1n) is 4.13. The highest BCUT2D eigenvalue weighted by atomic mass is 79.9. The van der Waals surface area contributed by atoms with Gasteiger partial charge in [0, 0.05) is 10.0 Å². The molecular weight excluding hydrogens is 285 g/mol. The molecule has 1 unspecified atom stereocenters. The van der Waals surface area contributed by atoms with Crippen molar-refractivity contribution in [3.63, 3.8) is 0 Å². The Morgan fingerprint density at radius 2 is 2.25 bits per heavy atom. The van der Waals surface area contributed by atoms with Crippen molar-refractivity contribution in [2.75, 3.05) is 7.11 Å². The number of hydrogen-bond donors (Lipinski definition) is 3. The molecule has 0 aliphatic rings. The van der Waals surface area contributed by atoms with Gasteiger partial charge < -0.3 is 20.7 Å². The molecule has 0 aliphatic heterocycles. The van der Waals surface area contributed by atoms with Gasteiger partial charge in [-0.2, -0.15) is 0 Å². The summed E-state index contributed by atoms with van der Waals surface area (Å²) in [4.78, 5) is 10.6. The van der Waals surface area contributed by atoms with Gasteiger partial charge in [0.05, 0.1) is 7.11 Å². The van der Waals surface area contributed by atoms with Gasteiger partial charge in [-0.25, -0.2) is 4.39 Å². The lowest BCUT2D eigenvalue weighted by molar-refractivity contribution is -0.138. The number of carbonyl (C=O) groups is 1. The molecule has 1 atom stereocenters. The predicted octanol–water partition coefficient (Wildman–Crippen LogP) is 1.39. The number of benzene rings is 1. The molecule has 7 heteroatoms. The Bertz CT molecular complexity index is 438. The van der Waals surface area contributed by atoms with Crippen molar-refractivity contribution in [2.45, 2.75) is 6.04 Å². The van der Waals surface area contributed by atoms with Gasteiger partial charge in [-0.1, -0.05) is 15.9 Å². The van der Waals surface area contributed by atoms with Gasteiger partial charge in [0.1, 0.15) is 6.04 Å². The minimum atomic E-state index is -1.56. The first-order chi connectivity index (χ1) is 7.40. The van der Waals surface area contributed by atoms with E-state index >= 15 is 0 Å². The van der Waals surface area contributed by atoms with Crippen LogP contribution in [0.3, 0.4) is 0 Å². The summed E-state index contributed by atoms with van der Waals surface area (Å²) in [6.45, 7) is 0. The van der Waals surface area contributed by atoms with Crippen LogP contribution < -0.4 is 10.5 Å². The van der Waals surface area contributed by atoms with Crippen LogP contribution in [0, 0.1) is 5.82 Å². The van der Waals surface area contributed by atoms with E-state index in [1.807, 2.05) is 0 Å². The van der Waals surface area contributed by atoms with Crippen LogP contribution in [0.4, 0.5) is 4.39 Å². The molecule has 0 aliphatic carbocycles. The van der Waals surface area contributed by atoms with E-state index in [0.29, 0.717) is 0 Å². The van der Waals surface area contributed by atoms with Crippen molar-refractivity contribution in [3.05, 3.63) is 21.9 Å². The number of halogens is 2. The number of ether oxygens (including phenoxy) is 1. The Labute approximate surface area is 98.8 Å². The Kier molecular flexibility index (Phi) is 3.71. The number of phenolic OH excluding ortho intramolecular Hbond substituents is 1. The maximum Gasteiger partial charge on any atom is 0.325 e. The van der Waals surface area contributed by atoms with E-state index in [4.69, 9.17) is 15.6 Å². The summed E-state index contributed by atoms with van der Waals surface area (Å²) in [6, 6.07) is -0.317. The van der Waals surface area contributed by atoms with Crippen molar-refractivity contribution in [2.24, 2.45) is 5.73 Å². The van der Waals surface area contributed by atoms with Gasteiger partial charge in [-0.3, -0.25) is 4.79 Å². The number of rotatable bonds is 3. The average Bonchev–Trinajstić information content (AvgIpc) is 2.23. The van der Waals surface area contributed by atoms with E-state index in [1.165, 1.54) is 13.2 Å². The van der Waals surface area contributed by atoms with E-state index in [1.54, 1.807) is 0 Å². The molecule has 4 N–H and O–H groups in total. The lowest BCUT2D eigenvalue weighted by Gasteiger charge is -2.13. The monoisotopic (exact) mass is 293 g/mol. The van der Waals surface area contributed by atoms with Crippen molar-refractivity contribution < 1.29 is 24.1 Å². The van der Waals surface area contributed by atoms with Crippen molar-refractivity contribution >= 4 is 21.9 Å². The maximum absolute atomic E-state index is 13.6. The highest BCUT2D eigenvalue weighted by molar-refractivity contribution is 9.10. The lowest BCUT2D eigenvalue weighted by Crippen LogP contribution is -2.22. The van der Waals surface area contributed by atoms with Crippen molar-refractivity contribution in [3.8, 4) is 11.5 Å². The zero-order valence-electron chi connectivity index (χ0n) is 8.20. The second-order valence-electron chi connectivity index (χ2n) is 2.95. The van der Waals surface area contributed by atoms with Gasteiger partial charge in [-0.05, 0) is 6.07 Å². The molecule has 1 aromatic carbocycles. The van der Waals surface area contributed by atoms with Gasteiger partial charge in [0.15, 0.2) is 17.3 Å². The first-order valence-corrected chi connectivity index (χ1v) is 4.92. The highest BCUT2D eigenvalue weighted by Gasteiger charge is 2.26. The summed E-state index contributed by atoms with van der Waals surface area (Å²) in [5.41, 5.74) is 4.95. The molecule has 0 fully saturated rings. The average molecular weight is 294 g/mol. The summed E-state index contributed by atoms with van der Waals surface area (Å²) in [5, 5.41) is 18.0. The molecule has 1 aromatic rings. The number of phenols is 1. The molecule has 0 radical (unpaired) electrons. The van der Waals surface area contributed by atoms with Crippen LogP contribution >= 0.6 is 15.9 Å². The van der Waals surface area contributed by atoms with Crippen LogP contribution in [0.1, 0.15) is 11.6 Å². The van der Waals surface area contributed by atoms with Gasteiger partial charge in [0.25, 0.3) is 0 Å². The molecule has 1 rings (SSSR count). The Balaban J connectivity index is 3.41. The third-order valence-electron chi connectivity index (χ3n) is 1.99. The minimum Gasteiger partial charge on any atom is -0.502 e. The third kappa shape index (κ3) is 2.10. The fraction of sp³-hybridized carbons (Fsp3) is 0.222. The molecule has 0 saturated carbocycles.